The fourth-order valence-corrected chi connectivity index (χ4v) is 4.33. The van der Waals surface area contributed by atoms with Gasteiger partial charge < -0.3 is 24.4 Å². The van der Waals surface area contributed by atoms with Crippen LogP contribution < -0.4 is 5.56 Å². The van der Waals surface area contributed by atoms with Crippen LogP contribution in [0, 0.1) is 0 Å². The van der Waals surface area contributed by atoms with Crippen LogP contribution in [0.1, 0.15) is 39.7 Å². The van der Waals surface area contributed by atoms with Gasteiger partial charge in [0.05, 0.1) is 33.1 Å². The number of benzene rings is 1. The van der Waals surface area contributed by atoms with E-state index >= 15 is 0 Å². The van der Waals surface area contributed by atoms with Gasteiger partial charge in [-0.1, -0.05) is 6.92 Å². The highest BCUT2D eigenvalue weighted by atomic mass is 16.6. The molecular weight excluding hydrogens is 398 g/mol. The predicted octanol–water partition coefficient (Wildman–Crippen LogP) is 1.85. The quantitative estimate of drug-likeness (QED) is 0.484. The molecule has 2 aliphatic rings. The van der Waals surface area contributed by atoms with Gasteiger partial charge in [-0.2, -0.15) is 0 Å². The molecule has 0 saturated carbocycles. The number of esters is 1. The summed E-state index contributed by atoms with van der Waals surface area (Å²) in [6.07, 6.45) is 0.00959. The van der Waals surface area contributed by atoms with Crippen LogP contribution in [0.3, 0.4) is 0 Å². The highest BCUT2D eigenvalue weighted by Crippen LogP contribution is 2.39. The second-order valence-electron chi connectivity index (χ2n) is 8.21. The number of pyridine rings is 2. The summed E-state index contributed by atoms with van der Waals surface area (Å²) in [5, 5.41) is 21.9. The first kappa shape index (κ1) is 16.5. The second-order valence-corrected chi connectivity index (χ2v) is 8.21. The number of rotatable bonds is 3. The Balaban J connectivity index is 1.85. The van der Waals surface area contributed by atoms with Gasteiger partial charge in [-0.15, -0.1) is 0 Å². The minimum Gasteiger partial charge on any atom is -0.508 e. The van der Waals surface area contributed by atoms with Crippen LogP contribution in [0.5, 0.6) is 5.75 Å². The molecule has 4 heterocycles. The topological polar surface area (TPSA) is 105 Å². The van der Waals surface area contributed by atoms with E-state index in [1.165, 1.54) is 10.6 Å². The van der Waals surface area contributed by atoms with Gasteiger partial charge in [0.25, 0.3) is 5.56 Å². The van der Waals surface area contributed by atoms with Crippen molar-refractivity contribution in [3.8, 4) is 17.1 Å². The number of aromatic nitrogens is 2. The molecule has 0 saturated heterocycles. The SMILES string of the molecule is [2H]c1c(O)c(CN(C)C)c2c([2H])c3c(nc2c1[2H])-c1cc2c(c(=O)n1C3)COC(=O)[C@]2(O)CC. The average Bonchev–Trinajstić information content (AvgIpc) is 3.17. The Labute approximate surface area is 182 Å². The van der Waals surface area contributed by atoms with Crippen LogP contribution in [0.2, 0.25) is 0 Å². The summed E-state index contributed by atoms with van der Waals surface area (Å²) in [4.78, 5) is 32.0. The van der Waals surface area contributed by atoms with Gasteiger partial charge in [0, 0.05) is 28.6 Å². The number of fused-ring (bicyclic) bond motifs is 5. The van der Waals surface area contributed by atoms with E-state index in [1.54, 1.807) is 25.9 Å². The lowest BCUT2D eigenvalue weighted by Crippen LogP contribution is -2.44. The zero-order valence-electron chi connectivity index (χ0n) is 20.4. The van der Waals surface area contributed by atoms with E-state index < -0.39 is 17.1 Å². The molecule has 160 valence electrons. The smallest absolute Gasteiger partial charge is 0.343 e. The summed E-state index contributed by atoms with van der Waals surface area (Å²) in [6.45, 7) is 1.62. The van der Waals surface area contributed by atoms with Crippen molar-refractivity contribution < 1.29 is 23.9 Å². The Morgan fingerprint density at radius 1 is 1.35 bits per heavy atom. The van der Waals surface area contributed by atoms with Crippen molar-refractivity contribution in [2.75, 3.05) is 14.1 Å². The maximum atomic E-state index is 13.3. The first-order chi connectivity index (χ1) is 16.0. The second kappa shape index (κ2) is 6.63. The number of aromatic hydroxyl groups is 1. The van der Waals surface area contributed by atoms with Crippen molar-refractivity contribution in [2.24, 2.45) is 0 Å². The summed E-state index contributed by atoms with van der Waals surface area (Å²) in [5.41, 5.74) is -0.644. The predicted molar refractivity (Wildman–Crippen MR) is 114 cm³/mol. The third-order valence-corrected chi connectivity index (χ3v) is 5.99. The van der Waals surface area contributed by atoms with E-state index in [4.69, 9.17) is 8.85 Å². The van der Waals surface area contributed by atoms with Gasteiger partial charge in [0.15, 0.2) is 5.60 Å². The Kier molecular flexibility index (Phi) is 3.52. The molecule has 0 amide bonds. The summed E-state index contributed by atoms with van der Waals surface area (Å²) >= 11 is 0. The number of phenolic OH excluding ortho intramolecular Hbond substituents is 1. The fourth-order valence-electron chi connectivity index (χ4n) is 4.33. The van der Waals surface area contributed by atoms with Gasteiger partial charge in [-0.3, -0.25) is 4.79 Å². The molecule has 2 aliphatic heterocycles. The molecule has 1 aromatic carbocycles. The normalized spacial score (nSPS) is 20.7. The highest BCUT2D eigenvalue weighted by Gasteiger charge is 2.45. The van der Waals surface area contributed by atoms with Gasteiger partial charge in [0.2, 0.25) is 0 Å². The molecule has 0 radical (unpaired) electrons. The number of aliphatic hydroxyl groups is 1. The Morgan fingerprint density at radius 3 is 2.84 bits per heavy atom. The van der Waals surface area contributed by atoms with E-state index in [9.17, 15) is 19.8 Å². The largest absolute Gasteiger partial charge is 0.508 e. The third kappa shape index (κ3) is 2.72. The monoisotopic (exact) mass is 424 g/mol. The number of hydrogen-bond acceptors (Lipinski definition) is 7. The molecule has 1 atom stereocenters. The Morgan fingerprint density at radius 2 is 2.13 bits per heavy atom. The molecule has 0 unspecified atom stereocenters. The van der Waals surface area contributed by atoms with Gasteiger partial charge in [-0.25, -0.2) is 9.78 Å². The van der Waals surface area contributed by atoms with Crippen LogP contribution in [-0.2, 0) is 34.8 Å². The summed E-state index contributed by atoms with van der Waals surface area (Å²) < 4.78 is 32.0. The van der Waals surface area contributed by atoms with Crippen molar-refractivity contribution >= 4 is 16.9 Å². The van der Waals surface area contributed by atoms with Crippen molar-refractivity contribution in [2.45, 2.75) is 38.6 Å². The molecule has 5 rings (SSSR count). The van der Waals surface area contributed by atoms with Crippen LogP contribution in [0.4, 0.5) is 0 Å². The minimum atomic E-state index is -1.97. The van der Waals surface area contributed by atoms with Gasteiger partial charge in [-0.05, 0) is 44.7 Å². The zero-order valence-corrected chi connectivity index (χ0v) is 17.4. The molecule has 2 aromatic heterocycles. The van der Waals surface area contributed by atoms with Crippen molar-refractivity contribution in [1.29, 1.82) is 0 Å². The van der Waals surface area contributed by atoms with Crippen LogP contribution in [-0.4, -0.2) is 44.7 Å². The summed E-state index contributed by atoms with van der Waals surface area (Å²) in [7, 11) is 3.57. The fraction of sp³-hybridized carbons (Fsp3) is 0.348. The number of ether oxygens (including phenoxy) is 1. The van der Waals surface area contributed by atoms with Crippen LogP contribution in [0.25, 0.3) is 22.3 Å². The average molecular weight is 424 g/mol. The lowest BCUT2D eigenvalue weighted by atomic mass is 9.86. The molecule has 8 nitrogen and oxygen atoms in total. The molecule has 2 N–H and O–H groups in total. The maximum absolute atomic E-state index is 13.3. The number of cyclic esters (lactones) is 1. The molecule has 0 fully saturated rings. The van der Waals surface area contributed by atoms with E-state index in [0.717, 1.165) is 0 Å². The van der Waals surface area contributed by atoms with E-state index in [-0.39, 0.29) is 77.7 Å². The number of carbonyl (C=O) groups is 1. The van der Waals surface area contributed by atoms with Crippen LogP contribution >= 0.6 is 0 Å². The number of nitrogens with zero attached hydrogens (tertiary/aromatic N) is 3. The highest BCUT2D eigenvalue weighted by molar-refractivity contribution is 5.89. The Bertz CT molecular complexity index is 1480. The van der Waals surface area contributed by atoms with Gasteiger partial charge in [0.1, 0.15) is 12.4 Å². The van der Waals surface area contributed by atoms with E-state index in [2.05, 4.69) is 4.98 Å². The number of phenols is 1. The summed E-state index contributed by atoms with van der Waals surface area (Å²) in [5.74, 6) is -1.19. The Hall–Kier alpha value is -3.23. The van der Waals surface area contributed by atoms with Crippen molar-refractivity contribution in [3.63, 3.8) is 0 Å². The first-order valence-corrected chi connectivity index (χ1v) is 9.97. The lowest BCUT2D eigenvalue weighted by molar-refractivity contribution is -0.172. The number of hydrogen-bond donors (Lipinski definition) is 2. The standard InChI is InChI=1S/C23H23N3O5/c1-4-23(30)16-8-18-20-12(9-26(18)21(28)15(16)11-31-22(23)29)7-13-14(10-25(2)3)19(27)6-5-17(13)24-20/h5-8,27,30H,4,9-11H2,1-3H3/t23-/m0/s1/i5D,6D,7D. The molecule has 0 bridgehead atoms. The maximum Gasteiger partial charge on any atom is 0.343 e. The van der Waals surface area contributed by atoms with E-state index in [0.29, 0.717) is 16.8 Å². The van der Waals surface area contributed by atoms with Gasteiger partial charge >= 0.3 is 5.97 Å². The molecule has 0 spiro atoms. The van der Waals surface area contributed by atoms with Crippen LogP contribution in [0.15, 0.2) is 29.0 Å². The zero-order chi connectivity index (χ0) is 24.7. The first-order valence-electron chi connectivity index (χ1n) is 11.5. The lowest BCUT2D eigenvalue weighted by Gasteiger charge is -2.31. The number of carbonyl (C=O) groups excluding carboxylic acids is 1. The molecule has 31 heavy (non-hydrogen) atoms. The molecule has 8 heteroatoms. The summed E-state index contributed by atoms with van der Waals surface area (Å²) in [6, 6.07) is 0.843. The van der Waals surface area contributed by atoms with E-state index in [1.807, 2.05) is 0 Å². The molecule has 0 aliphatic carbocycles. The molecular formula is C23H23N3O5. The van der Waals surface area contributed by atoms with Crippen molar-refractivity contribution in [3.05, 3.63) is 56.8 Å². The minimum absolute atomic E-state index is 0.00959. The molecule has 3 aromatic rings. The van der Waals surface area contributed by atoms with Crippen molar-refractivity contribution in [1.82, 2.24) is 14.5 Å². The third-order valence-electron chi connectivity index (χ3n) is 5.99.